The number of carbonyl (C=O) groups excluding carboxylic acids is 1. The van der Waals surface area contributed by atoms with Crippen molar-refractivity contribution in [2.24, 2.45) is 5.92 Å². The van der Waals surface area contributed by atoms with Gasteiger partial charge in [-0.2, -0.15) is 0 Å². The highest BCUT2D eigenvalue weighted by Gasteiger charge is 2.28. The van der Waals surface area contributed by atoms with E-state index in [-0.39, 0.29) is 11.7 Å². The van der Waals surface area contributed by atoms with Crippen LogP contribution < -0.4 is 4.74 Å². The number of likely N-dealkylation sites (tertiary alicyclic amines) is 1. The lowest BCUT2D eigenvalue weighted by Crippen LogP contribution is -2.38. The van der Waals surface area contributed by atoms with Gasteiger partial charge in [0.25, 0.3) is 0 Å². The number of rotatable bonds is 6. The first-order valence-electron chi connectivity index (χ1n) is 9.55. The Morgan fingerprint density at radius 2 is 2.25 bits per heavy atom. The van der Waals surface area contributed by atoms with E-state index in [1.165, 1.54) is 0 Å². The lowest BCUT2D eigenvalue weighted by Gasteiger charge is -2.31. The quantitative estimate of drug-likeness (QED) is 0.560. The molecule has 0 radical (unpaired) electrons. The monoisotopic (exact) mass is 396 g/mol. The zero-order valence-electron chi connectivity index (χ0n) is 16.2. The number of oxazole rings is 1. The summed E-state index contributed by atoms with van der Waals surface area (Å²) < 4.78 is 11.1. The molecule has 1 aliphatic heterocycles. The molecule has 0 bridgehead atoms. The highest BCUT2D eigenvalue weighted by molar-refractivity contribution is 7.13. The molecule has 1 aliphatic rings. The Morgan fingerprint density at radius 1 is 1.36 bits per heavy atom. The van der Waals surface area contributed by atoms with Crippen LogP contribution in [0.2, 0.25) is 0 Å². The van der Waals surface area contributed by atoms with Gasteiger partial charge in [0.1, 0.15) is 11.5 Å². The first-order chi connectivity index (χ1) is 13.6. The molecule has 0 unspecified atom stereocenters. The number of Topliss-reactive ketones (excluding diaryl/α,β-unsaturated/α-hetero) is 1. The average molecular weight is 397 g/mol. The summed E-state index contributed by atoms with van der Waals surface area (Å²) in [6.45, 7) is 4.39. The van der Waals surface area contributed by atoms with Gasteiger partial charge in [-0.25, -0.2) is 4.98 Å². The van der Waals surface area contributed by atoms with Gasteiger partial charge >= 0.3 is 0 Å². The van der Waals surface area contributed by atoms with Crippen LogP contribution in [0, 0.1) is 12.8 Å². The molecule has 28 heavy (non-hydrogen) atoms. The topological polar surface area (TPSA) is 55.6 Å². The van der Waals surface area contributed by atoms with Crippen LogP contribution in [0.1, 0.15) is 34.7 Å². The van der Waals surface area contributed by atoms with Crippen LogP contribution in [0.4, 0.5) is 0 Å². The minimum absolute atomic E-state index is 0.00447. The second kappa shape index (κ2) is 8.29. The molecule has 0 aliphatic carbocycles. The fraction of sp³-hybridized carbons (Fsp3) is 0.364. The third-order valence-electron chi connectivity index (χ3n) is 5.23. The zero-order valence-corrected chi connectivity index (χ0v) is 17.0. The van der Waals surface area contributed by atoms with Gasteiger partial charge in [0.2, 0.25) is 5.89 Å². The fourth-order valence-corrected chi connectivity index (χ4v) is 4.37. The van der Waals surface area contributed by atoms with Crippen LogP contribution in [0.5, 0.6) is 5.75 Å². The lowest BCUT2D eigenvalue weighted by molar-refractivity contribution is 0.0809. The number of ketones is 1. The summed E-state index contributed by atoms with van der Waals surface area (Å²) in [5.74, 6) is 2.45. The molecule has 3 heterocycles. The number of piperidine rings is 1. The number of ether oxygens (including phenoxy) is 1. The lowest BCUT2D eigenvalue weighted by atomic mass is 9.90. The van der Waals surface area contributed by atoms with E-state index < -0.39 is 0 Å². The molecule has 6 heteroatoms. The number of aromatic nitrogens is 1. The Bertz CT molecular complexity index is 949. The van der Waals surface area contributed by atoms with E-state index in [9.17, 15) is 4.79 Å². The van der Waals surface area contributed by atoms with Gasteiger partial charge in [0.05, 0.1) is 17.7 Å². The average Bonchev–Trinajstić information content (AvgIpc) is 3.38. The Labute approximate surface area is 169 Å². The normalized spacial score (nSPS) is 17.6. The summed E-state index contributed by atoms with van der Waals surface area (Å²) in [5.41, 5.74) is 1.68. The van der Waals surface area contributed by atoms with Crippen molar-refractivity contribution in [2.45, 2.75) is 26.3 Å². The van der Waals surface area contributed by atoms with Crippen LogP contribution in [0.3, 0.4) is 0 Å². The van der Waals surface area contributed by atoms with Crippen molar-refractivity contribution in [3.05, 3.63) is 58.8 Å². The Kier molecular flexibility index (Phi) is 5.59. The minimum atomic E-state index is 0.00447. The number of hydrogen-bond donors (Lipinski definition) is 0. The maximum atomic E-state index is 13.0. The summed E-state index contributed by atoms with van der Waals surface area (Å²) in [4.78, 5) is 21.0. The Balaban J connectivity index is 1.45. The van der Waals surface area contributed by atoms with Gasteiger partial charge in [-0.05, 0) is 49.9 Å². The number of thiophene rings is 1. The van der Waals surface area contributed by atoms with Crippen molar-refractivity contribution >= 4 is 17.1 Å². The number of hydrogen-bond acceptors (Lipinski definition) is 6. The molecule has 0 spiro atoms. The maximum Gasteiger partial charge on any atom is 0.236 e. The fourth-order valence-electron chi connectivity index (χ4n) is 3.72. The highest BCUT2D eigenvalue weighted by Crippen LogP contribution is 2.28. The van der Waals surface area contributed by atoms with Crippen LogP contribution in [0.25, 0.3) is 10.8 Å². The second-order valence-electron chi connectivity index (χ2n) is 7.17. The molecule has 3 aromatic rings. The van der Waals surface area contributed by atoms with E-state index in [4.69, 9.17) is 14.1 Å². The summed E-state index contributed by atoms with van der Waals surface area (Å²) in [6.07, 6.45) is 1.93. The Hall–Kier alpha value is -2.44. The van der Waals surface area contributed by atoms with Crippen molar-refractivity contribution in [3.8, 4) is 16.5 Å². The SMILES string of the molecule is COc1cccc(C(=O)[C@H]2CCCN(Cc3nc(-c4cccs4)oc3C)C2)c1. The van der Waals surface area contributed by atoms with Crippen molar-refractivity contribution in [3.63, 3.8) is 0 Å². The molecule has 1 atom stereocenters. The standard InChI is InChI=1S/C22H24N2O3S/c1-15-19(23-22(27-15)20-9-5-11-28-20)14-24-10-4-7-17(13-24)21(25)16-6-3-8-18(12-16)26-2/h3,5-6,8-9,11-12,17H,4,7,10,13-14H2,1-2H3/t17-/m0/s1. The van der Waals surface area contributed by atoms with E-state index >= 15 is 0 Å². The van der Waals surface area contributed by atoms with E-state index in [1.807, 2.05) is 48.7 Å². The van der Waals surface area contributed by atoms with Gasteiger partial charge in [-0.3, -0.25) is 9.69 Å². The smallest absolute Gasteiger partial charge is 0.236 e. The summed E-state index contributed by atoms with van der Waals surface area (Å²) in [7, 11) is 1.62. The van der Waals surface area contributed by atoms with Crippen molar-refractivity contribution < 1.29 is 13.9 Å². The molecule has 1 fully saturated rings. The molecule has 0 amide bonds. The highest BCUT2D eigenvalue weighted by atomic mass is 32.1. The molecule has 5 nitrogen and oxygen atoms in total. The van der Waals surface area contributed by atoms with Gasteiger partial charge in [0.15, 0.2) is 5.78 Å². The maximum absolute atomic E-state index is 13.0. The van der Waals surface area contributed by atoms with Crippen LogP contribution in [-0.2, 0) is 6.54 Å². The molecule has 1 saturated heterocycles. The number of nitrogens with zero attached hydrogens (tertiary/aromatic N) is 2. The molecule has 4 rings (SSSR count). The van der Waals surface area contributed by atoms with E-state index in [1.54, 1.807) is 18.4 Å². The van der Waals surface area contributed by atoms with E-state index in [0.717, 1.165) is 53.6 Å². The largest absolute Gasteiger partial charge is 0.497 e. The van der Waals surface area contributed by atoms with Gasteiger partial charge in [-0.15, -0.1) is 11.3 Å². The molecule has 0 N–H and O–H groups in total. The third-order valence-corrected chi connectivity index (χ3v) is 6.09. The molecular formula is C22H24N2O3S. The molecule has 146 valence electrons. The first kappa shape index (κ1) is 18.9. The predicted molar refractivity (Wildman–Crippen MR) is 110 cm³/mol. The van der Waals surface area contributed by atoms with Gasteiger partial charge < -0.3 is 9.15 Å². The van der Waals surface area contributed by atoms with Crippen LogP contribution >= 0.6 is 11.3 Å². The zero-order chi connectivity index (χ0) is 19.5. The summed E-state index contributed by atoms with van der Waals surface area (Å²) in [5, 5.41) is 2.02. The first-order valence-corrected chi connectivity index (χ1v) is 10.4. The van der Waals surface area contributed by atoms with Gasteiger partial charge in [-0.1, -0.05) is 18.2 Å². The third kappa shape index (κ3) is 4.03. The molecule has 2 aromatic heterocycles. The number of benzene rings is 1. The molecule has 1 aromatic carbocycles. The van der Waals surface area contributed by atoms with Crippen LogP contribution in [-0.4, -0.2) is 35.9 Å². The van der Waals surface area contributed by atoms with Gasteiger partial charge in [0, 0.05) is 24.6 Å². The number of aryl methyl sites for hydroxylation is 1. The summed E-state index contributed by atoms with van der Waals surface area (Å²) >= 11 is 1.62. The minimum Gasteiger partial charge on any atom is -0.497 e. The second-order valence-corrected chi connectivity index (χ2v) is 8.12. The van der Waals surface area contributed by atoms with Crippen LogP contribution in [0.15, 0.2) is 46.2 Å². The van der Waals surface area contributed by atoms with Crippen molar-refractivity contribution in [2.75, 3.05) is 20.2 Å². The predicted octanol–water partition coefficient (Wildman–Crippen LogP) is 4.82. The van der Waals surface area contributed by atoms with E-state index in [0.29, 0.717) is 12.4 Å². The number of carbonyl (C=O) groups is 1. The van der Waals surface area contributed by atoms with Crippen molar-refractivity contribution in [1.82, 2.24) is 9.88 Å². The van der Waals surface area contributed by atoms with Crippen molar-refractivity contribution in [1.29, 1.82) is 0 Å². The van der Waals surface area contributed by atoms with E-state index in [2.05, 4.69) is 4.90 Å². The molecular weight excluding hydrogens is 372 g/mol. The summed E-state index contributed by atoms with van der Waals surface area (Å²) in [6, 6.07) is 11.5. The number of methoxy groups -OCH3 is 1. The molecule has 0 saturated carbocycles. The Morgan fingerprint density at radius 3 is 3.04 bits per heavy atom.